The number of hydrogen-bond donors (Lipinski definition) is 2. The van der Waals surface area contributed by atoms with Gasteiger partial charge in [-0.15, -0.1) is 0 Å². The van der Waals surface area contributed by atoms with Gasteiger partial charge in [0.1, 0.15) is 0 Å². The van der Waals surface area contributed by atoms with Crippen molar-refractivity contribution in [1.29, 1.82) is 0 Å². The van der Waals surface area contributed by atoms with Crippen LogP contribution in [0.15, 0.2) is 0 Å². The molecule has 2 atom stereocenters. The van der Waals surface area contributed by atoms with Gasteiger partial charge < -0.3 is 10.8 Å². The molecule has 0 saturated carbocycles. The van der Waals surface area contributed by atoms with E-state index in [1.54, 1.807) is 0 Å². The molecule has 3 heteroatoms. The predicted octanol–water partition coefficient (Wildman–Crippen LogP) is 0.674. The molecule has 3 N–H and O–H groups in total. The van der Waals surface area contributed by atoms with Gasteiger partial charge in [0.05, 0.1) is 0 Å². The van der Waals surface area contributed by atoms with Gasteiger partial charge in [-0.1, -0.05) is 13.8 Å². The maximum absolute atomic E-state index is 9.30. The van der Waals surface area contributed by atoms with E-state index in [1.807, 2.05) is 0 Å². The fourth-order valence-corrected chi connectivity index (χ4v) is 2.63. The van der Waals surface area contributed by atoms with Crippen LogP contribution in [0.2, 0.25) is 0 Å². The minimum absolute atomic E-state index is 0.218. The van der Waals surface area contributed by atoms with E-state index in [0.717, 1.165) is 0 Å². The number of likely N-dealkylation sites (tertiary alicyclic amines) is 1. The molecule has 1 saturated heterocycles. The quantitative estimate of drug-likeness (QED) is 0.686. The number of aliphatic hydroxyl groups is 1. The van der Waals surface area contributed by atoms with E-state index < -0.39 is 0 Å². The lowest BCUT2D eigenvalue weighted by atomic mass is 9.89. The molecule has 0 spiro atoms. The smallest absolute Gasteiger partial charge is 0.0486 e. The normalized spacial score (nSPS) is 22.9. The number of hydrogen-bond acceptors (Lipinski definition) is 3. The highest BCUT2D eigenvalue weighted by atomic mass is 16.3. The Hall–Kier alpha value is -0.120. The Morgan fingerprint density at radius 1 is 1.29 bits per heavy atom. The Morgan fingerprint density at radius 2 is 1.86 bits per heavy atom. The summed E-state index contributed by atoms with van der Waals surface area (Å²) in [7, 11) is 0. The third kappa shape index (κ3) is 2.69. The van der Waals surface area contributed by atoms with E-state index >= 15 is 0 Å². The SMILES string of the molecule is CC(C)[C@H]([C@@H](CN)CO)N1CCCC1. The molecule has 1 aliphatic heterocycles. The summed E-state index contributed by atoms with van der Waals surface area (Å²) in [6.07, 6.45) is 2.60. The van der Waals surface area contributed by atoms with Crippen LogP contribution in [0.5, 0.6) is 0 Å². The van der Waals surface area contributed by atoms with E-state index in [2.05, 4.69) is 18.7 Å². The van der Waals surface area contributed by atoms with Gasteiger partial charge in [-0.05, 0) is 38.4 Å². The molecule has 0 aliphatic carbocycles. The van der Waals surface area contributed by atoms with Gasteiger partial charge in [-0.3, -0.25) is 4.90 Å². The molecule has 0 aromatic rings. The summed E-state index contributed by atoms with van der Waals surface area (Å²) >= 11 is 0. The molecule has 84 valence electrons. The molecule has 1 fully saturated rings. The third-order valence-corrected chi connectivity index (χ3v) is 3.27. The van der Waals surface area contributed by atoms with E-state index in [1.165, 1.54) is 25.9 Å². The second-order valence-electron chi connectivity index (χ2n) is 4.66. The summed E-state index contributed by atoms with van der Waals surface area (Å²) in [5.41, 5.74) is 5.70. The van der Waals surface area contributed by atoms with Crippen molar-refractivity contribution in [3.63, 3.8) is 0 Å². The maximum Gasteiger partial charge on any atom is 0.0486 e. The van der Waals surface area contributed by atoms with Crippen LogP contribution in [0.25, 0.3) is 0 Å². The predicted molar refractivity (Wildman–Crippen MR) is 59.1 cm³/mol. The van der Waals surface area contributed by atoms with Gasteiger partial charge in [-0.25, -0.2) is 0 Å². The molecule has 0 radical (unpaired) electrons. The van der Waals surface area contributed by atoms with Gasteiger partial charge in [0.2, 0.25) is 0 Å². The van der Waals surface area contributed by atoms with Crippen LogP contribution in [-0.2, 0) is 0 Å². The second kappa shape index (κ2) is 5.69. The topological polar surface area (TPSA) is 49.5 Å². The maximum atomic E-state index is 9.30. The van der Waals surface area contributed by atoms with Gasteiger partial charge in [0, 0.05) is 18.6 Å². The summed E-state index contributed by atoms with van der Waals surface area (Å²) in [5, 5.41) is 9.30. The van der Waals surface area contributed by atoms with Gasteiger partial charge in [-0.2, -0.15) is 0 Å². The summed E-state index contributed by atoms with van der Waals surface area (Å²) < 4.78 is 0. The van der Waals surface area contributed by atoms with Gasteiger partial charge >= 0.3 is 0 Å². The van der Waals surface area contributed by atoms with Crippen molar-refractivity contribution in [2.75, 3.05) is 26.2 Å². The van der Waals surface area contributed by atoms with Crippen LogP contribution in [0.3, 0.4) is 0 Å². The van der Waals surface area contributed by atoms with Gasteiger partial charge in [0.15, 0.2) is 0 Å². The molecule has 3 nitrogen and oxygen atoms in total. The van der Waals surface area contributed by atoms with Crippen LogP contribution in [0.4, 0.5) is 0 Å². The first-order valence-corrected chi connectivity index (χ1v) is 5.75. The molecule has 14 heavy (non-hydrogen) atoms. The minimum atomic E-state index is 0.218. The van der Waals surface area contributed by atoms with Crippen molar-refractivity contribution >= 4 is 0 Å². The lowest BCUT2D eigenvalue weighted by Crippen LogP contribution is -2.46. The first kappa shape index (κ1) is 12.0. The summed E-state index contributed by atoms with van der Waals surface area (Å²) in [6.45, 7) is 7.62. The summed E-state index contributed by atoms with van der Waals surface area (Å²) in [5.74, 6) is 0.821. The van der Waals surface area contributed by atoms with Crippen molar-refractivity contribution in [2.45, 2.75) is 32.7 Å². The van der Waals surface area contributed by atoms with Gasteiger partial charge in [0.25, 0.3) is 0 Å². The Bertz CT molecular complexity index is 149. The molecule has 0 aromatic heterocycles. The third-order valence-electron chi connectivity index (χ3n) is 3.27. The highest BCUT2D eigenvalue weighted by molar-refractivity contribution is 4.84. The van der Waals surface area contributed by atoms with Crippen LogP contribution >= 0.6 is 0 Å². The van der Waals surface area contributed by atoms with Crippen LogP contribution < -0.4 is 5.73 Å². The molecular formula is C11H24N2O. The average Bonchev–Trinajstić information content (AvgIpc) is 2.65. The van der Waals surface area contributed by atoms with Crippen LogP contribution in [0.1, 0.15) is 26.7 Å². The zero-order chi connectivity index (χ0) is 10.6. The number of nitrogens with zero attached hydrogens (tertiary/aromatic N) is 1. The van der Waals surface area contributed by atoms with Crippen molar-refractivity contribution in [3.8, 4) is 0 Å². The molecule has 1 aliphatic rings. The molecule has 1 rings (SSSR count). The Kier molecular flexibility index (Phi) is 4.85. The lowest BCUT2D eigenvalue weighted by molar-refractivity contribution is 0.0880. The second-order valence-corrected chi connectivity index (χ2v) is 4.66. The molecule has 1 heterocycles. The van der Waals surface area contributed by atoms with Crippen molar-refractivity contribution in [1.82, 2.24) is 4.90 Å². The zero-order valence-corrected chi connectivity index (χ0v) is 9.45. The van der Waals surface area contributed by atoms with E-state index in [4.69, 9.17) is 5.73 Å². The Labute approximate surface area is 87.3 Å². The molecule has 0 amide bonds. The standard InChI is InChI=1S/C11H24N2O/c1-9(2)11(10(7-12)8-14)13-5-3-4-6-13/h9-11,14H,3-8,12H2,1-2H3/t10-,11+/m0/s1. The summed E-state index contributed by atoms with van der Waals surface area (Å²) in [6, 6.07) is 0.465. The number of aliphatic hydroxyl groups excluding tert-OH is 1. The van der Waals surface area contributed by atoms with Crippen molar-refractivity contribution in [3.05, 3.63) is 0 Å². The van der Waals surface area contributed by atoms with Crippen molar-refractivity contribution in [2.24, 2.45) is 17.6 Å². The number of nitrogens with two attached hydrogens (primary N) is 1. The lowest BCUT2D eigenvalue weighted by Gasteiger charge is -2.36. The van der Waals surface area contributed by atoms with E-state index in [0.29, 0.717) is 18.5 Å². The highest BCUT2D eigenvalue weighted by Crippen LogP contribution is 2.23. The van der Waals surface area contributed by atoms with E-state index in [-0.39, 0.29) is 12.5 Å². The highest BCUT2D eigenvalue weighted by Gasteiger charge is 2.30. The fourth-order valence-electron chi connectivity index (χ4n) is 2.63. The molecular weight excluding hydrogens is 176 g/mol. The van der Waals surface area contributed by atoms with E-state index in [9.17, 15) is 5.11 Å². The Balaban J connectivity index is 2.61. The monoisotopic (exact) mass is 200 g/mol. The van der Waals surface area contributed by atoms with Crippen molar-refractivity contribution < 1.29 is 5.11 Å². The first-order valence-electron chi connectivity index (χ1n) is 5.75. The molecule has 0 bridgehead atoms. The molecule has 0 aromatic carbocycles. The van der Waals surface area contributed by atoms with Crippen LogP contribution in [0, 0.1) is 11.8 Å². The minimum Gasteiger partial charge on any atom is -0.396 e. The zero-order valence-electron chi connectivity index (χ0n) is 9.45. The number of rotatable bonds is 5. The Morgan fingerprint density at radius 3 is 2.21 bits per heavy atom. The fraction of sp³-hybridized carbons (Fsp3) is 1.00. The van der Waals surface area contributed by atoms with Crippen LogP contribution in [-0.4, -0.2) is 42.3 Å². The largest absolute Gasteiger partial charge is 0.396 e. The first-order chi connectivity index (χ1) is 6.70. The molecule has 0 unspecified atom stereocenters. The average molecular weight is 200 g/mol. The summed E-state index contributed by atoms with van der Waals surface area (Å²) in [4.78, 5) is 2.50.